The Morgan fingerprint density at radius 2 is 2.03 bits per heavy atom. The molecule has 172 valence electrons. The number of quaternary nitrogens is 1. The Hall–Kier alpha value is -2.68. The average Bonchev–Trinajstić information content (AvgIpc) is 3.33. The molecule has 0 aliphatic carbocycles. The standard InChI is InChI=1S/C25H28BrN5O2/c1-30-11-9-17(10-12-30)31(2)13-14-33-29-23-18-5-3-4-6-20(18)27-24(23)22-19-15-16(26)7-8-21(19)28-25(22)32/h3-8,15,17,28,32H,9-14H2,1-2H3/p+1. The highest BCUT2D eigenvalue weighted by atomic mass is 79.9. The predicted octanol–water partition coefficient (Wildman–Crippen LogP) is 3.10. The number of piperidine rings is 1. The van der Waals surface area contributed by atoms with E-state index in [2.05, 4.69) is 45.1 Å². The Morgan fingerprint density at radius 1 is 1.24 bits per heavy atom. The van der Waals surface area contributed by atoms with Crippen LogP contribution in [0.15, 0.2) is 57.1 Å². The van der Waals surface area contributed by atoms with Gasteiger partial charge in [-0.1, -0.05) is 39.3 Å². The van der Waals surface area contributed by atoms with Crippen LogP contribution in [0.3, 0.4) is 0 Å². The van der Waals surface area contributed by atoms with Crippen molar-refractivity contribution in [1.82, 2.24) is 9.88 Å². The van der Waals surface area contributed by atoms with Gasteiger partial charge in [0, 0.05) is 46.4 Å². The molecule has 2 aromatic carbocycles. The van der Waals surface area contributed by atoms with Crippen LogP contribution in [0.5, 0.6) is 5.88 Å². The number of aromatic hydroxyl groups is 1. The topological polar surface area (TPSA) is 77.7 Å². The minimum Gasteiger partial charge on any atom is -0.494 e. The zero-order chi connectivity index (χ0) is 22.9. The van der Waals surface area contributed by atoms with E-state index in [9.17, 15) is 5.11 Å². The molecule has 0 unspecified atom stereocenters. The summed E-state index contributed by atoms with van der Waals surface area (Å²) in [6.07, 6.45) is 2.44. The molecule has 0 atom stereocenters. The van der Waals surface area contributed by atoms with Crippen LogP contribution < -0.4 is 4.90 Å². The third kappa shape index (κ3) is 4.43. The van der Waals surface area contributed by atoms with Crippen LogP contribution in [0, 0.1) is 0 Å². The summed E-state index contributed by atoms with van der Waals surface area (Å²) in [5.41, 5.74) is 4.46. The van der Waals surface area contributed by atoms with E-state index >= 15 is 0 Å². The maximum Gasteiger partial charge on any atom is 0.199 e. The summed E-state index contributed by atoms with van der Waals surface area (Å²) in [5.74, 6) is 0.0755. The quantitative estimate of drug-likeness (QED) is 0.352. The number of nitrogens with one attached hydrogen (secondary N) is 2. The van der Waals surface area contributed by atoms with E-state index in [0.717, 1.165) is 33.2 Å². The molecule has 3 N–H and O–H groups in total. The van der Waals surface area contributed by atoms with Crippen LogP contribution in [0.2, 0.25) is 0 Å². The number of aromatic nitrogens is 1. The van der Waals surface area contributed by atoms with Gasteiger partial charge in [0.15, 0.2) is 5.88 Å². The SMILES string of the molecule is CN(CCON=C1C(c2c(O)[nH]c3ccc(Br)cc23)=Nc2ccccc21)C1CC[NH+](C)CC1. The third-order valence-corrected chi connectivity index (χ3v) is 7.21. The zero-order valence-corrected chi connectivity index (χ0v) is 20.5. The number of hydrogen-bond donors (Lipinski definition) is 3. The lowest BCUT2D eigenvalue weighted by molar-refractivity contribution is -0.885. The van der Waals surface area contributed by atoms with E-state index in [1.807, 2.05) is 42.5 Å². The second-order valence-corrected chi connectivity index (χ2v) is 9.87. The van der Waals surface area contributed by atoms with Gasteiger partial charge in [-0.25, -0.2) is 4.99 Å². The third-order valence-electron chi connectivity index (χ3n) is 6.72. The smallest absolute Gasteiger partial charge is 0.199 e. The molecule has 2 aliphatic heterocycles. The number of para-hydroxylation sites is 1. The number of H-pyrrole nitrogens is 1. The van der Waals surface area contributed by atoms with E-state index in [1.165, 1.54) is 25.9 Å². The van der Waals surface area contributed by atoms with Crippen molar-refractivity contribution in [3.63, 3.8) is 0 Å². The van der Waals surface area contributed by atoms with Gasteiger partial charge in [0.25, 0.3) is 0 Å². The first-order valence-corrected chi connectivity index (χ1v) is 12.2. The summed E-state index contributed by atoms with van der Waals surface area (Å²) in [6, 6.07) is 14.3. The van der Waals surface area contributed by atoms with Gasteiger partial charge >= 0.3 is 0 Å². The van der Waals surface area contributed by atoms with Crippen LogP contribution in [0.1, 0.15) is 24.0 Å². The maximum atomic E-state index is 10.7. The zero-order valence-electron chi connectivity index (χ0n) is 18.9. The molecule has 2 aliphatic rings. The number of halogens is 1. The minimum absolute atomic E-state index is 0.0755. The van der Waals surface area contributed by atoms with E-state index < -0.39 is 0 Å². The number of likely N-dealkylation sites (tertiary alicyclic amines) is 1. The van der Waals surface area contributed by atoms with Crippen LogP contribution in [-0.2, 0) is 4.84 Å². The second-order valence-electron chi connectivity index (χ2n) is 8.96. The number of fused-ring (bicyclic) bond motifs is 2. The molecule has 1 aromatic heterocycles. The molecule has 1 fully saturated rings. The Balaban J connectivity index is 1.38. The summed E-state index contributed by atoms with van der Waals surface area (Å²) in [5, 5.41) is 16.1. The van der Waals surface area contributed by atoms with Gasteiger partial charge < -0.3 is 19.8 Å². The summed E-state index contributed by atoms with van der Waals surface area (Å²) >= 11 is 3.53. The Labute approximate surface area is 201 Å². The van der Waals surface area contributed by atoms with Crippen LogP contribution >= 0.6 is 15.9 Å². The first kappa shape index (κ1) is 22.1. The van der Waals surface area contributed by atoms with Crippen molar-refractivity contribution < 1.29 is 14.8 Å². The Bertz CT molecular complexity index is 1230. The van der Waals surface area contributed by atoms with Gasteiger partial charge in [0.2, 0.25) is 0 Å². The van der Waals surface area contributed by atoms with Crippen molar-refractivity contribution in [3.05, 3.63) is 58.1 Å². The average molecular weight is 511 g/mol. The van der Waals surface area contributed by atoms with Crippen LogP contribution in [0.4, 0.5) is 5.69 Å². The molecule has 0 spiro atoms. The predicted molar refractivity (Wildman–Crippen MR) is 135 cm³/mol. The van der Waals surface area contributed by atoms with E-state index in [-0.39, 0.29) is 5.88 Å². The Kier molecular flexibility index (Phi) is 6.23. The van der Waals surface area contributed by atoms with E-state index in [0.29, 0.717) is 29.6 Å². The number of rotatable bonds is 6. The summed E-state index contributed by atoms with van der Waals surface area (Å²) in [4.78, 5) is 17.7. The fourth-order valence-electron chi connectivity index (χ4n) is 4.74. The lowest BCUT2D eigenvalue weighted by Crippen LogP contribution is -3.10. The molecule has 1 saturated heterocycles. The fourth-order valence-corrected chi connectivity index (χ4v) is 5.10. The van der Waals surface area contributed by atoms with Gasteiger partial charge in [0.05, 0.1) is 31.4 Å². The monoisotopic (exact) mass is 510 g/mol. The minimum atomic E-state index is 0.0755. The normalized spacial score (nSPS) is 21.6. The number of likely N-dealkylation sites (N-methyl/N-ethyl adjacent to an activating group) is 1. The molecule has 8 heteroatoms. The lowest BCUT2D eigenvalue weighted by atomic mass is 10.0. The van der Waals surface area contributed by atoms with Crippen molar-refractivity contribution in [1.29, 1.82) is 0 Å². The molecule has 5 rings (SSSR count). The molecule has 3 heterocycles. The maximum absolute atomic E-state index is 10.7. The number of nitrogens with zero attached hydrogens (tertiary/aromatic N) is 3. The summed E-state index contributed by atoms with van der Waals surface area (Å²) in [6.45, 7) is 3.76. The van der Waals surface area contributed by atoms with Crippen molar-refractivity contribution in [2.24, 2.45) is 10.1 Å². The lowest BCUT2D eigenvalue weighted by Gasteiger charge is -2.32. The molecule has 7 nitrogen and oxygen atoms in total. The van der Waals surface area contributed by atoms with Gasteiger partial charge in [-0.3, -0.25) is 4.90 Å². The second kappa shape index (κ2) is 9.29. The first-order chi connectivity index (χ1) is 16.0. The number of aromatic amines is 1. The molecule has 0 amide bonds. The van der Waals surface area contributed by atoms with Crippen molar-refractivity contribution in [2.45, 2.75) is 18.9 Å². The highest BCUT2D eigenvalue weighted by molar-refractivity contribution is 9.10. The molecule has 0 saturated carbocycles. The van der Waals surface area contributed by atoms with Crippen molar-refractivity contribution in [2.75, 3.05) is 40.3 Å². The number of benzene rings is 2. The molecule has 3 aromatic rings. The summed E-state index contributed by atoms with van der Waals surface area (Å²) in [7, 11) is 4.43. The molecular formula is C25H29BrN5O2+. The van der Waals surface area contributed by atoms with Gasteiger partial charge in [-0.2, -0.15) is 0 Å². The molecular weight excluding hydrogens is 482 g/mol. The molecule has 0 radical (unpaired) electrons. The van der Waals surface area contributed by atoms with Crippen molar-refractivity contribution in [3.8, 4) is 5.88 Å². The van der Waals surface area contributed by atoms with Crippen molar-refractivity contribution >= 4 is 43.9 Å². The fraction of sp³-hybridized carbons (Fsp3) is 0.360. The van der Waals surface area contributed by atoms with Crippen LogP contribution in [-0.4, -0.2) is 72.8 Å². The molecule has 0 bridgehead atoms. The first-order valence-electron chi connectivity index (χ1n) is 11.4. The number of oxime groups is 1. The van der Waals surface area contributed by atoms with Gasteiger partial charge in [0.1, 0.15) is 18.0 Å². The number of aliphatic imine (C=N–C) groups is 1. The van der Waals surface area contributed by atoms with Gasteiger partial charge in [-0.05, 0) is 31.3 Å². The Morgan fingerprint density at radius 3 is 2.85 bits per heavy atom. The van der Waals surface area contributed by atoms with E-state index in [4.69, 9.17) is 9.83 Å². The largest absolute Gasteiger partial charge is 0.494 e. The highest BCUT2D eigenvalue weighted by Gasteiger charge is 2.29. The van der Waals surface area contributed by atoms with Gasteiger partial charge in [-0.15, -0.1) is 0 Å². The van der Waals surface area contributed by atoms with E-state index in [1.54, 1.807) is 4.90 Å². The van der Waals surface area contributed by atoms with Crippen LogP contribution in [0.25, 0.3) is 10.9 Å². The molecule has 33 heavy (non-hydrogen) atoms. The highest BCUT2D eigenvalue weighted by Crippen LogP contribution is 2.36. The summed E-state index contributed by atoms with van der Waals surface area (Å²) < 4.78 is 0.930. The number of hydrogen-bond acceptors (Lipinski definition) is 5.